The predicted octanol–water partition coefficient (Wildman–Crippen LogP) is 3.24. The molecule has 1 saturated heterocycles. The summed E-state index contributed by atoms with van der Waals surface area (Å²) in [5, 5.41) is 9.53. The van der Waals surface area contributed by atoms with Crippen molar-refractivity contribution in [1.29, 1.82) is 0 Å². The molecule has 32 heavy (non-hydrogen) atoms. The highest BCUT2D eigenvalue weighted by atomic mass is 31.2. The van der Waals surface area contributed by atoms with Gasteiger partial charge in [0.1, 0.15) is 18.4 Å². The van der Waals surface area contributed by atoms with Gasteiger partial charge in [-0.1, -0.05) is 64.7 Å². The molecular weight excluding hydrogens is 439 g/mol. The number of nitrogens with zero attached hydrogens (tertiary/aromatic N) is 1. The van der Waals surface area contributed by atoms with E-state index in [0.29, 0.717) is 6.42 Å². The van der Waals surface area contributed by atoms with Crippen LogP contribution in [0.25, 0.3) is 0 Å². The van der Waals surface area contributed by atoms with Crippen molar-refractivity contribution < 1.29 is 28.3 Å². The fourth-order valence-electron chi connectivity index (χ4n) is 3.77. The number of aromatic amines is 1. The Kier molecular flexibility index (Phi) is 11.9. The van der Waals surface area contributed by atoms with E-state index in [-0.39, 0.29) is 13.0 Å². The Hall–Kier alpha value is -1.29. The van der Waals surface area contributed by atoms with Crippen LogP contribution in [0.1, 0.15) is 83.8 Å². The van der Waals surface area contributed by atoms with E-state index in [9.17, 15) is 24.2 Å². The van der Waals surface area contributed by atoms with Crippen LogP contribution >= 0.6 is 7.82 Å². The number of aromatic nitrogens is 2. The molecule has 1 aromatic rings. The van der Waals surface area contributed by atoms with Gasteiger partial charge in [0.15, 0.2) is 0 Å². The average Bonchev–Trinajstić information content (AvgIpc) is 3.13. The lowest BCUT2D eigenvalue weighted by atomic mass is 10.1. The van der Waals surface area contributed by atoms with Crippen LogP contribution in [-0.2, 0) is 18.3 Å². The first-order valence-electron chi connectivity index (χ1n) is 11.6. The van der Waals surface area contributed by atoms with Gasteiger partial charge in [-0.2, -0.15) is 0 Å². The van der Waals surface area contributed by atoms with Crippen molar-refractivity contribution >= 4 is 7.82 Å². The normalized spacial score (nSPS) is 22.8. The number of aliphatic hydroxyl groups is 1. The number of nitrogens with one attached hydrogen (secondary N) is 1. The van der Waals surface area contributed by atoms with Gasteiger partial charge in [-0.3, -0.25) is 23.4 Å². The minimum absolute atomic E-state index is 0.0450. The van der Waals surface area contributed by atoms with E-state index in [4.69, 9.17) is 13.8 Å². The summed E-state index contributed by atoms with van der Waals surface area (Å²) in [5.41, 5.74) is -1.22. The minimum Gasteiger partial charge on any atom is -0.394 e. The highest BCUT2D eigenvalue weighted by molar-refractivity contribution is 7.47. The van der Waals surface area contributed by atoms with Crippen molar-refractivity contribution in [3.05, 3.63) is 33.1 Å². The monoisotopic (exact) mass is 476 g/mol. The van der Waals surface area contributed by atoms with E-state index in [0.717, 1.165) is 23.8 Å². The van der Waals surface area contributed by atoms with E-state index in [1.807, 2.05) is 0 Å². The molecule has 4 atom stereocenters. The van der Waals surface area contributed by atoms with Crippen molar-refractivity contribution in [1.82, 2.24) is 9.55 Å². The molecule has 2 rings (SSSR count). The predicted molar refractivity (Wildman–Crippen MR) is 119 cm³/mol. The van der Waals surface area contributed by atoms with E-state index in [1.54, 1.807) is 0 Å². The average molecular weight is 477 g/mol. The smallest absolute Gasteiger partial charge is 0.394 e. The number of ether oxygens (including phenoxy) is 1. The summed E-state index contributed by atoms with van der Waals surface area (Å²) in [7, 11) is -4.34. The number of hydrogen-bond donors (Lipinski definition) is 3. The van der Waals surface area contributed by atoms with Gasteiger partial charge < -0.3 is 14.7 Å². The first kappa shape index (κ1) is 27.0. The first-order valence-corrected chi connectivity index (χ1v) is 13.1. The summed E-state index contributed by atoms with van der Waals surface area (Å²) < 4.78 is 29.3. The molecule has 3 N–H and O–H groups in total. The maximum atomic E-state index is 12.3. The van der Waals surface area contributed by atoms with Crippen molar-refractivity contribution in [2.75, 3.05) is 13.2 Å². The Bertz CT molecular complexity index is 827. The Balaban J connectivity index is 1.69. The third-order valence-electron chi connectivity index (χ3n) is 5.54. The third-order valence-corrected chi connectivity index (χ3v) is 6.59. The molecule has 4 unspecified atom stereocenters. The van der Waals surface area contributed by atoms with Gasteiger partial charge in [0, 0.05) is 18.7 Å². The number of rotatable bonds is 16. The van der Waals surface area contributed by atoms with E-state index < -0.39 is 44.1 Å². The molecule has 1 aromatic heterocycles. The molecule has 184 valence electrons. The molecule has 1 fully saturated rings. The van der Waals surface area contributed by atoms with Crippen LogP contribution in [0.3, 0.4) is 0 Å². The van der Waals surface area contributed by atoms with Crippen LogP contribution in [0, 0.1) is 0 Å². The van der Waals surface area contributed by atoms with E-state index >= 15 is 0 Å². The number of H-pyrrole nitrogens is 1. The highest BCUT2D eigenvalue weighted by Crippen LogP contribution is 2.48. The summed E-state index contributed by atoms with van der Waals surface area (Å²) in [6.07, 6.45) is 10.1. The third kappa shape index (κ3) is 9.29. The van der Waals surface area contributed by atoms with Crippen LogP contribution in [0.15, 0.2) is 21.9 Å². The quantitative estimate of drug-likeness (QED) is 0.244. The molecule has 0 spiro atoms. The molecule has 1 aliphatic rings. The highest BCUT2D eigenvalue weighted by Gasteiger charge is 2.41. The molecule has 10 nitrogen and oxygen atoms in total. The Morgan fingerprint density at radius 2 is 1.75 bits per heavy atom. The maximum Gasteiger partial charge on any atom is 0.472 e. The molecule has 0 bridgehead atoms. The number of unbranched alkanes of at least 4 members (excludes halogenated alkanes) is 9. The van der Waals surface area contributed by atoms with Gasteiger partial charge in [-0.15, -0.1) is 0 Å². The largest absolute Gasteiger partial charge is 0.472 e. The summed E-state index contributed by atoms with van der Waals surface area (Å²) in [6.45, 7) is 1.85. The van der Waals surface area contributed by atoms with E-state index in [1.165, 1.54) is 50.8 Å². The summed E-state index contributed by atoms with van der Waals surface area (Å²) in [4.78, 5) is 35.3. The molecule has 0 aliphatic carbocycles. The molecule has 11 heteroatoms. The molecule has 0 saturated carbocycles. The number of phosphoric ester groups is 1. The molecule has 2 heterocycles. The fourth-order valence-corrected chi connectivity index (χ4v) is 4.76. The number of phosphoric acid groups is 1. The molecule has 1 aliphatic heterocycles. The van der Waals surface area contributed by atoms with Crippen LogP contribution in [-0.4, -0.2) is 45.0 Å². The second kappa shape index (κ2) is 14.1. The molecule has 0 amide bonds. The zero-order chi connectivity index (χ0) is 23.4. The lowest BCUT2D eigenvalue weighted by Crippen LogP contribution is -2.31. The SMILES string of the molecule is CCCCCCCCCCCCOP(=O)(O)OC1CC(n2ccc(=O)[nH]c2=O)OC1CO. The zero-order valence-corrected chi connectivity index (χ0v) is 19.7. The maximum absolute atomic E-state index is 12.3. The van der Waals surface area contributed by atoms with Gasteiger partial charge >= 0.3 is 13.5 Å². The van der Waals surface area contributed by atoms with E-state index in [2.05, 4.69) is 11.9 Å². The second-order valence-corrected chi connectivity index (χ2v) is 9.60. The standard InChI is InChI=1S/C21H37N2O8P/c1-2-3-4-5-6-7-8-9-10-11-14-29-32(27,28)31-17-15-20(30-18(17)16-24)23-13-12-19(25)22-21(23)26/h12-13,17-18,20,24H,2-11,14-16H2,1H3,(H,27,28)(H,22,25,26). The number of hydrogen-bond acceptors (Lipinski definition) is 7. The van der Waals surface area contributed by atoms with Crippen LogP contribution in [0.2, 0.25) is 0 Å². The molecule has 0 radical (unpaired) electrons. The first-order chi connectivity index (χ1) is 15.4. The molecular formula is C21H37N2O8P. The van der Waals surface area contributed by atoms with Gasteiger partial charge in [-0.05, 0) is 6.42 Å². The van der Waals surface area contributed by atoms with Crippen molar-refractivity contribution in [2.45, 2.75) is 96.0 Å². The lowest BCUT2D eigenvalue weighted by Gasteiger charge is -2.19. The Labute approximate surface area is 188 Å². The van der Waals surface area contributed by atoms with Crippen molar-refractivity contribution in [3.8, 4) is 0 Å². The van der Waals surface area contributed by atoms with Crippen LogP contribution < -0.4 is 11.2 Å². The summed E-state index contributed by atoms with van der Waals surface area (Å²) in [5.74, 6) is 0. The number of aliphatic hydroxyl groups excluding tert-OH is 1. The van der Waals surface area contributed by atoms with Crippen molar-refractivity contribution in [3.63, 3.8) is 0 Å². The zero-order valence-electron chi connectivity index (χ0n) is 18.8. The minimum atomic E-state index is -4.34. The fraction of sp³-hybridized carbons (Fsp3) is 0.810. The molecule has 0 aromatic carbocycles. The lowest BCUT2D eigenvalue weighted by molar-refractivity contribution is -0.0464. The van der Waals surface area contributed by atoms with Gasteiger partial charge in [0.2, 0.25) is 0 Å². The van der Waals surface area contributed by atoms with Gasteiger partial charge in [0.05, 0.1) is 13.2 Å². The van der Waals surface area contributed by atoms with Crippen molar-refractivity contribution in [2.24, 2.45) is 0 Å². The van der Waals surface area contributed by atoms with Gasteiger partial charge in [-0.25, -0.2) is 9.36 Å². The Morgan fingerprint density at radius 1 is 1.12 bits per heavy atom. The van der Waals surface area contributed by atoms with Crippen LogP contribution in [0.5, 0.6) is 0 Å². The summed E-state index contributed by atoms with van der Waals surface area (Å²) in [6, 6.07) is 1.17. The Morgan fingerprint density at radius 3 is 2.34 bits per heavy atom. The topological polar surface area (TPSA) is 140 Å². The summed E-state index contributed by atoms with van der Waals surface area (Å²) >= 11 is 0. The second-order valence-electron chi connectivity index (χ2n) is 8.19. The van der Waals surface area contributed by atoms with Gasteiger partial charge in [0.25, 0.3) is 5.56 Å². The van der Waals surface area contributed by atoms with Crippen LogP contribution in [0.4, 0.5) is 0 Å².